The average Bonchev–Trinajstić information content (AvgIpc) is 2.70. The van der Waals surface area contributed by atoms with Crippen molar-refractivity contribution in [3.05, 3.63) is 11.8 Å². The van der Waals surface area contributed by atoms with Gasteiger partial charge in [-0.1, -0.05) is 0 Å². The van der Waals surface area contributed by atoms with Crippen molar-refractivity contribution in [3.63, 3.8) is 0 Å². The Balaban J connectivity index is 2.36. The van der Waals surface area contributed by atoms with Crippen LogP contribution in [0.25, 0.3) is 0 Å². The SMILES string of the molecule is Cc1cc(OCC(=O)N[C@@H](C)C(=O)OC(C)(C)C)no1. The third-order valence-corrected chi connectivity index (χ3v) is 2.10. The number of carbonyl (C=O) groups excluding carboxylic acids is 2. The first kappa shape index (κ1) is 16.0. The van der Waals surface area contributed by atoms with Crippen molar-refractivity contribution < 1.29 is 23.6 Å². The number of rotatable bonds is 5. The molecule has 1 atom stereocenters. The minimum Gasteiger partial charge on any atom is -0.465 e. The minimum atomic E-state index is -0.746. The molecule has 0 spiro atoms. The molecule has 1 aromatic heterocycles. The highest BCUT2D eigenvalue weighted by molar-refractivity contribution is 5.85. The molecule has 7 heteroatoms. The van der Waals surface area contributed by atoms with Gasteiger partial charge in [0.25, 0.3) is 11.8 Å². The van der Waals surface area contributed by atoms with Gasteiger partial charge in [0, 0.05) is 6.07 Å². The molecule has 20 heavy (non-hydrogen) atoms. The van der Waals surface area contributed by atoms with E-state index in [-0.39, 0.29) is 12.5 Å². The fourth-order valence-electron chi connectivity index (χ4n) is 1.28. The van der Waals surface area contributed by atoms with Crippen LogP contribution in [0.3, 0.4) is 0 Å². The summed E-state index contributed by atoms with van der Waals surface area (Å²) in [4.78, 5) is 23.3. The second-order valence-corrected chi connectivity index (χ2v) is 5.39. The predicted octanol–water partition coefficient (Wildman–Crippen LogP) is 1.21. The molecule has 0 unspecified atom stereocenters. The van der Waals surface area contributed by atoms with Crippen molar-refractivity contribution >= 4 is 11.9 Å². The highest BCUT2D eigenvalue weighted by atomic mass is 16.6. The number of ether oxygens (including phenoxy) is 2. The van der Waals surface area contributed by atoms with Gasteiger partial charge in [0.2, 0.25) is 0 Å². The number of amides is 1. The Kier molecular flexibility index (Phi) is 5.12. The summed E-state index contributed by atoms with van der Waals surface area (Å²) < 4.78 is 15.0. The molecule has 1 rings (SSSR count). The van der Waals surface area contributed by atoms with E-state index in [0.29, 0.717) is 5.76 Å². The third-order valence-electron chi connectivity index (χ3n) is 2.10. The second kappa shape index (κ2) is 6.40. The lowest BCUT2D eigenvalue weighted by Crippen LogP contribution is -2.43. The van der Waals surface area contributed by atoms with Crippen molar-refractivity contribution in [3.8, 4) is 5.88 Å². The van der Waals surface area contributed by atoms with Crippen LogP contribution in [0.15, 0.2) is 10.6 Å². The first-order valence-electron chi connectivity index (χ1n) is 6.26. The molecule has 0 aliphatic rings. The molecule has 1 N–H and O–H groups in total. The lowest BCUT2D eigenvalue weighted by Gasteiger charge is -2.22. The van der Waals surface area contributed by atoms with Gasteiger partial charge in [-0.05, 0) is 39.8 Å². The van der Waals surface area contributed by atoms with Crippen LogP contribution < -0.4 is 10.1 Å². The van der Waals surface area contributed by atoms with Crippen molar-refractivity contribution in [2.24, 2.45) is 0 Å². The Bertz CT molecular complexity index is 475. The summed E-state index contributed by atoms with van der Waals surface area (Å²) in [7, 11) is 0. The standard InChI is InChI=1S/C13H20N2O5/c1-8-6-11(15-20-8)18-7-10(16)14-9(2)12(17)19-13(3,4)5/h6,9H,7H2,1-5H3,(H,14,16)/t9-/m0/s1. The van der Waals surface area contributed by atoms with Crippen LogP contribution in [0.2, 0.25) is 0 Å². The summed E-state index contributed by atoms with van der Waals surface area (Å²) in [6.07, 6.45) is 0. The van der Waals surface area contributed by atoms with E-state index in [9.17, 15) is 9.59 Å². The van der Waals surface area contributed by atoms with Crippen molar-refractivity contribution in [1.29, 1.82) is 0 Å². The van der Waals surface area contributed by atoms with Crippen LogP contribution in [-0.4, -0.2) is 35.3 Å². The summed E-state index contributed by atoms with van der Waals surface area (Å²) in [6, 6.07) is 0.814. The van der Waals surface area contributed by atoms with Crippen LogP contribution in [0.1, 0.15) is 33.5 Å². The molecule has 0 saturated heterocycles. The number of nitrogens with zero attached hydrogens (tertiary/aromatic N) is 1. The second-order valence-electron chi connectivity index (χ2n) is 5.39. The van der Waals surface area contributed by atoms with E-state index in [4.69, 9.17) is 14.0 Å². The summed E-state index contributed by atoms with van der Waals surface area (Å²) >= 11 is 0. The molecule has 0 aliphatic heterocycles. The zero-order valence-corrected chi connectivity index (χ0v) is 12.4. The van der Waals surface area contributed by atoms with Crippen LogP contribution in [0.4, 0.5) is 0 Å². The van der Waals surface area contributed by atoms with E-state index in [2.05, 4.69) is 10.5 Å². The Morgan fingerprint density at radius 3 is 2.60 bits per heavy atom. The number of hydrogen-bond donors (Lipinski definition) is 1. The lowest BCUT2D eigenvalue weighted by molar-refractivity contribution is -0.158. The van der Waals surface area contributed by atoms with Crippen molar-refractivity contribution in [2.45, 2.75) is 46.3 Å². The fourth-order valence-corrected chi connectivity index (χ4v) is 1.28. The maximum atomic E-state index is 11.7. The molecule has 0 bridgehead atoms. The number of carbonyl (C=O) groups is 2. The Hall–Kier alpha value is -2.05. The normalized spacial score (nSPS) is 12.7. The number of aryl methyl sites for hydroxylation is 1. The van der Waals surface area contributed by atoms with Crippen LogP contribution >= 0.6 is 0 Å². The van der Waals surface area contributed by atoms with Crippen LogP contribution in [-0.2, 0) is 14.3 Å². The predicted molar refractivity (Wildman–Crippen MR) is 70.2 cm³/mol. The molecule has 1 heterocycles. The van der Waals surface area contributed by atoms with E-state index < -0.39 is 23.5 Å². The molecule has 7 nitrogen and oxygen atoms in total. The number of nitrogens with one attached hydrogen (secondary N) is 1. The highest BCUT2D eigenvalue weighted by Crippen LogP contribution is 2.10. The molecule has 1 amide bonds. The smallest absolute Gasteiger partial charge is 0.328 e. The summed E-state index contributed by atoms with van der Waals surface area (Å²) in [5.41, 5.74) is -0.592. The molecule has 0 radical (unpaired) electrons. The van der Waals surface area contributed by atoms with Crippen LogP contribution in [0.5, 0.6) is 5.88 Å². The summed E-state index contributed by atoms with van der Waals surface area (Å²) in [5, 5.41) is 6.06. The molecule has 0 fully saturated rings. The third kappa shape index (κ3) is 5.73. The van der Waals surface area contributed by atoms with Gasteiger partial charge < -0.3 is 19.3 Å². The maximum absolute atomic E-state index is 11.7. The monoisotopic (exact) mass is 284 g/mol. The number of hydrogen-bond acceptors (Lipinski definition) is 6. The molecule has 0 aliphatic carbocycles. The van der Waals surface area contributed by atoms with Gasteiger partial charge in [-0.25, -0.2) is 4.79 Å². The fraction of sp³-hybridized carbons (Fsp3) is 0.615. The van der Waals surface area contributed by atoms with E-state index in [1.165, 1.54) is 0 Å². The topological polar surface area (TPSA) is 90.7 Å². The Morgan fingerprint density at radius 1 is 1.45 bits per heavy atom. The lowest BCUT2D eigenvalue weighted by atomic mass is 10.2. The first-order valence-corrected chi connectivity index (χ1v) is 6.26. The van der Waals surface area contributed by atoms with E-state index in [0.717, 1.165) is 0 Å². The minimum absolute atomic E-state index is 0.225. The van der Waals surface area contributed by atoms with Crippen LogP contribution in [0, 0.1) is 6.92 Å². The van der Waals surface area contributed by atoms with Gasteiger partial charge in [0.15, 0.2) is 6.61 Å². The highest BCUT2D eigenvalue weighted by Gasteiger charge is 2.23. The summed E-state index contributed by atoms with van der Waals surface area (Å²) in [6.45, 7) is 8.29. The van der Waals surface area contributed by atoms with Crippen molar-refractivity contribution in [2.75, 3.05) is 6.61 Å². The number of aromatic nitrogens is 1. The van der Waals surface area contributed by atoms with Gasteiger partial charge in [0.05, 0.1) is 0 Å². The van der Waals surface area contributed by atoms with E-state index >= 15 is 0 Å². The van der Waals surface area contributed by atoms with Gasteiger partial charge >= 0.3 is 5.97 Å². The van der Waals surface area contributed by atoms with E-state index in [1.54, 1.807) is 40.7 Å². The molecular weight excluding hydrogens is 264 g/mol. The van der Waals surface area contributed by atoms with Gasteiger partial charge in [-0.3, -0.25) is 4.79 Å². The molecular formula is C13H20N2O5. The number of esters is 1. The summed E-state index contributed by atoms with van der Waals surface area (Å²) in [5.74, 6) is -0.128. The average molecular weight is 284 g/mol. The zero-order valence-electron chi connectivity index (χ0n) is 12.4. The quantitative estimate of drug-likeness (QED) is 0.817. The van der Waals surface area contributed by atoms with Gasteiger partial charge in [-0.15, -0.1) is 0 Å². The van der Waals surface area contributed by atoms with Crippen molar-refractivity contribution in [1.82, 2.24) is 10.5 Å². The first-order chi connectivity index (χ1) is 9.17. The van der Waals surface area contributed by atoms with Gasteiger partial charge in [0.1, 0.15) is 17.4 Å². The molecule has 112 valence electrons. The maximum Gasteiger partial charge on any atom is 0.328 e. The molecule has 0 aromatic carbocycles. The van der Waals surface area contributed by atoms with E-state index in [1.807, 2.05) is 0 Å². The zero-order chi connectivity index (χ0) is 15.3. The molecule has 1 aromatic rings. The Labute approximate surface area is 117 Å². The molecule has 0 saturated carbocycles. The van der Waals surface area contributed by atoms with Gasteiger partial charge in [-0.2, -0.15) is 0 Å². The largest absolute Gasteiger partial charge is 0.465 e. The Morgan fingerprint density at radius 2 is 2.10 bits per heavy atom.